The monoisotopic (exact) mass is 277 g/mol. The topological polar surface area (TPSA) is 33.1 Å². The highest BCUT2D eigenvalue weighted by Gasteiger charge is 2.25. The highest BCUT2D eigenvalue weighted by atomic mass is 16.3. The molecule has 0 aliphatic heterocycles. The van der Waals surface area contributed by atoms with E-state index in [-0.39, 0.29) is 0 Å². The van der Waals surface area contributed by atoms with Crippen molar-refractivity contribution in [2.75, 3.05) is 0 Å². The van der Waals surface area contributed by atoms with Crippen molar-refractivity contribution in [2.45, 2.75) is 26.4 Å². The van der Waals surface area contributed by atoms with Crippen LogP contribution in [0.4, 0.5) is 0 Å². The summed E-state index contributed by atoms with van der Waals surface area (Å²) in [6.45, 7) is 5.86. The van der Waals surface area contributed by atoms with Crippen LogP contribution in [0.15, 0.2) is 54.6 Å². The average molecular weight is 277 g/mol. The molecule has 0 saturated carbocycles. The highest BCUT2D eigenvalue weighted by Crippen LogP contribution is 2.31. The van der Waals surface area contributed by atoms with Crippen molar-refractivity contribution in [3.8, 4) is 0 Å². The number of benzene rings is 2. The fourth-order valence-corrected chi connectivity index (χ4v) is 2.58. The Labute approximate surface area is 125 Å². The number of hydrogen-bond acceptors (Lipinski definition) is 2. The molecule has 0 aliphatic rings. The molecule has 1 unspecified atom stereocenters. The molecule has 0 amide bonds. The third-order valence-corrected chi connectivity index (χ3v) is 4.00. The van der Waals surface area contributed by atoms with E-state index in [0.29, 0.717) is 0 Å². The summed E-state index contributed by atoms with van der Waals surface area (Å²) in [4.78, 5) is 4.50. The van der Waals surface area contributed by atoms with Crippen LogP contribution in [0, 0.1) is 13.8 Å². The second-order valence-electron chi connectivity index (χ2n) is 5.80. The predicted octanol–water partition coefficient (Wildman–Crippen LogP) is 4.11. The Morgan fingerprint density at radius 3 is 2.24 bits per heavy atom. The van der Waals surface area contributed by atoms with Crippen LogP contribution in [0.25, 0.3) is 10.9 Å². The van der Waals surface area contributed by atoms with E-state index in [4.69, 9.17) is 0 Å². The van der Waals surface area contributed by atoms with Gasteiger partial charge in [-0.2, -0.15) is 0 Å². The summed E-state index contributed by atoms with van der Waals surface area (Å²) in [7, 11) is 0. The van der Waals surface area contributed by atoms with Gasteiger partial charge in [0.15, 0.2) is 0 Å². The Hall–Kier alpha value is -2.19. The minimum Gasteiger partial charge on any atom is -0.381 e. The molecular weight excluding hydrogens is 258 g/mol. The molecule has 1 atom stereocenters. The molecule has 0 spiro atoms. The van der Waals surface area contributed by atoms with E-state index in [1.807, 2.05) is 75.4 Å². The third kappa shape index (κ3) is 2.55. The molecule has 1 N–H and O–H groups in total. The van der Waals surface area contributed by atoms with Gasteiger partial charge in [0, 0.05) is 11.1 Å². The van der Waals surface area contributed by atoms with Gasteiger partial charge in [-0.15, -0.1) is 0 Å². The normalized spacial score (nSPS) is 14.1. The van der Waals surface area contributed by atoms with Crippen molar-refractivity contribution in [3.05, 3.63) is 77.0 Å². The largest absolute Gasteiger partial charge is 0.381 e. The summed E-state index contributed by atoms with van der Waals surface area (Å²) in [5, 5.41) is 12.0. The van der Waals surface area contributed by atoms with E-state index in [9.17, 15) is 5.11 Å². The summed E-state index contributed by atoms with van der Waals surface area (Å²) in [6, 6.07) is 18.0. The molecule has 21 heavy (non-hydrogen) atoms. The molecule has 0 saturated heterocycles. The maximum atomic E-state index is 10.9. The maximum Gasteiger partial charge on any atom is 0.112 e. The number of rotatable bonds is 2. The zero-order valence-corrected chi connectivity index (χ0v) is 12.6. The van der Waals surface area contributed by atoms with Crippen LogP contribution in [-0.2, 0) is 5.60 Å². The molecule has 1 heterocycles. The Balaban J connectivity index is 2.09. The van der Waals surface area contributed by atoms with Crippen LogP contribution in [0.5, 0.6) is 0 Å². The van der Waals surface area contributed by atoms with Crippen molar-refractivity contribution >= 4 is 10.9 Å². The first-order valence-corrected chi connectivity index (χ1v) is 7.14. The van der Waals surface area contributed by atoms with Crippen molar-refractivity contribution in [1.82, 2.24) is 4.98 Å². The molecule has 1 aromatic heterocycles. The van der Waals surface area contributed by atoms with Gasteiger partial charge in [0.2, 0.25) is 0 Å². The summed E-state index contributed by atoms with van der Waals surface area (Å²) >= 11 is 0. The summed E-state index contributed by atoms with van der Waals surface area (Å²) < 4.78 is 0. The van der Waals surface area contributed by atoms with Gasteiger partial charge in [0.25, 0.3) is 0 Å². The molecule has 2 heteroatoms. The Kier molecular flexibility index (Phi) is 3.26. The second kappa shape index (κ2) is 4.97. The molecule has 0 fully saturated rings. The molecule has 3 aromatic rings. The van der Waals surface area contributed by atoms with E-state index in [1.54, 1.807) is 0 Å². The first-order chi connectivity index (χ1) is 9.96. The standard InChI is InChI=1S/C19H19NO/c1-13-4-8-16(9-5-13)19(3,21)17-10-11-18-15(12-17)7-6-14(2)20-18/h4-12,21H,1-3H3. The molecule has 0 radical (unpaired) electrons. The number of aryl methyl sites for hydroxylation is 2. The zero-order valence-electron chi connectivity index (χ0n) is 12.6. The highest BCUT2D eigenvalue weighted by molar-refractivity contribution is 5.79. The fourth-order valence-electron chi connectivity index (χ4n) is 2.58. The van der Waals surface area contributed by atoms with Gasteiger partial charge in [-0.1, -0.05) is 42.0 Å². The number of aromatic nitrogens is 1. The van der Waals surface area contributed by atoms with E-state index < -0.39 is 5.60 Å². The fraction of sp³-hybridized carbons (Fsp3) is 0.211. The quantitative estimate of drug-likeness (QED) is 0.764. The van der Waals surface area contributed by atoms with E-state index in [0.717, 1.165) is 27.7 Å². The molecule has 0 aliphatic carbocycles. The lowest BCUT2D eigenvalue weighted by molar-refractivity contribution is 0.102. The molecule has 3 rings (SSSR count). The molecule has 2 nitrogen and oxygen atoms in total. The van der Waals surface area contributed by atoms with Gasteiger partial charge in [-0.25, -0.2) is 0 Å². The minimum atomic E-state index is -1.01. The van der Waals surface area contributed by atoms with Crippen molar-refractivity contribution in [1.29, 1.82) is 0 Å². The van der Waals surface area contributed by atoms with Crippen LogP contribution < -0.4 is 0 Å². The minimum absolute atomic E-state index is 0.879. The van der Waals surface area contributed by atoms with Gasteiger partial charge in [0.05, 0.1) is 5.52 Å². The first kappa shape index (κ1) is 13.8. The van der Waals surface area contributed by atoms with Gasteiger partial charge in [-0.3, -0.25) is 4.98 Å². The second-order valence-corrected chi connectivity index (χ2v) is 5.80. The van der Waals surface area contributed by atoms with Crippen LogP contribution in [0.3, 0.4) is 0 Å². The Morgan fingerprint density at radius 1 is 0.857 bits per heavy atom. The number of aliphatic hydroxyl groups is 1. The van der Waals surface area contributed by atoms with E-state index >= 15 is 0 Å². The van der Waals surface area contributed by atoms with Gasteiger partial charge in [0.1, 0.15) is 5.60 Å². The molecule has 0 bridgehead atoms. The smallest absolute Gasteiger partial charge is 0.112 e. The van der Waals surface area contributed by atoms with Crippen molar-refractivity contribution in [2.24, 2.45) is 0 Å². The number of nitrogens with zero attached hydrogens (tertiary/aromatic N) is 1. The van der Waals surface area contributed by atoms with Crippen molar-refractivity contribution in [3.63, 3.8) is 0 Å². The van der Waals surface area contributed by atoms with Crippen LogP contribution >= 0.6 is 0 Å². The van der Waals surface area contributed by atoms with E-state index in [2.05, 4.69) is 4.98 Å². The van der Waals surface area contributed by atoms with Gasteiger partial charge >= 0.3 is 0 Å². The Bertz CT molecular complexity index is 788. The zero-order chi connectivity index (χ0) is 15.0. The van der Waals surface area contributed by atoms with Crippen LogP contribution in [-0.4, -0.2) is 10.1 Å². The average Bonchev–Trinajstić information content (AvgIpc) is 2.47. The lowest BCUT2D eigenvalue weighted by Gasteiger charge is -2.25. The van der Waals surface area contributed by atoms with Crippen LogP contribution in [0.2, 0.25) is 0 Å². The summed E-state index contributed by atoms with van der Waals surface area (Å²) in [6.07, 6.45) is 0. The third-order valence-electron chi connectivity index (χ3n) is 4.00. The number of hydrogen-bond donors (Lipinski definition) is 1. The molecular formula is C19H19NO. The maximum absolute atomic E-state index is 10.9. The van der Waals surface area contributed by atoms with Crippen molar-refractivity contribution < 1.29 is 5.11 Å². The lowest BCUT2D eigenvalue weighted by Crippen LogP contribution is -2.22. The first-order valence-electron chi connectivity index (χ1n) is 7.14. The Morgan fingerprint density at radius 2 is 1.52 bits per heavy atom. The van der Waals surface area contributed by atoms with Crippen LogP contribution in [0.1, 0.15) is 29.3 Å². The SMILES string of the molecule is Cc1ccc(C(C)(O)c2ccc3nc(C)ccc3c2)cc1. The van der Waals surface area contributed by atoms with Gasteiger partial charge < -0.3 is 5.11 Å². The summed E-state index contributed by atoms with van der Waals surface area (Å²) in [5.41, 5.74) is 3.91. The van der Waals surface area contributed by atoms with E-state index in [1.165, 1.54) is 5.56 Å². The lowest BCUT2D eigenvalue weighted by atomic mass is 9.87. The number of fused-ring (bicyclic) bond motifs is 1. The molecule has 2 aromatic carbocycles. The summed E-state index contributed by atoms with van der Waals surface area (Å²) in [5.74, 6) is 0. The number of pyridine rings is 1. The van der Waals surface area contributed by atoms with Gasteiger partial charge in [-0.05, 0) is 50.1 Å². The predicted molar refractivity (Wildman–Crippen MR) is 86.3 cm³/mol. The molecule has 106 valence electrons.